The van der Waals surface area contributed by atoms with Gasteiger partial charge < -0.3 is 10.2 Å². The van der Waals surface area contributed by atoms with Gasteiger partial charge in [-0.2, -0.15) is 0 Å². The van der Waals surface area contributed by atoms with Crippen LogP contribution < -0.4 is 5.32 Å². The first-order valence-corrected chi connectivity index (χ1v) is 4.85. The Morgan fingerprint density at radius 2 is 1.92 bits per heavy atom. The highest BCUT2D eigenvalue weighted by molar-refractivity contribution is 5.85. The second-order valence-corrected chi connectivity index (χ2v) is 3.78. The van der Waals surface area contributed by atoms with Crippen molar-refractivity contribution in [3.63, 3.8) is 0 Å². The average Bonchev–Trinajstić information content (AvgIpc) is 2.90. The minimum atomic E-state index is 0. The normalized spacial score (nSPS) is 22.3. The van der Waals surface area contributed by atoms with Crippen LogP contribution in [0.4, 0.5) is 0 Å². The molecular weight excluding hydrogens is 188 g/mol. The average molecular weight is 205 g/mol. The maximum Gasteiger partial charge on any atom is 0.222 e. The van der Waals surface area contributed by atoms with Crippen molar-refractivity contribution in [1.29, 1.82) is 0 Å². The van der Waals surface area contributed by atoms with Crippen LogP contribution in [-0.2, 0) is 4.79 Å². The zero-order valence-corrected chi connectivity index (χ0v) is 8.61. The molecular formula is C9H17ClN2O. The van der Waals surface area contributed by atoms with Crippen LogP contribution in [0.3, 0.4) is 0 Å². The monoisotopic (exact) mass is 204 g/mol. The molecule has 0 spiro atoms. The van der Waals surface area contributed by atoms with Gasteiger partial charge in [0.25, 0.3) is 0 Å². The minimum Gasteiger partial charge on any atom is -0.340 e. The van der Waals surface area contributed by atoms with Crippen molar-refractivity contribution in [2.24, 2.45) is 5.92 Å². The summed E-state index contributed by atoms with van der Waals surface area (Å²) in [6.45, 7) is 3.75. The van der Waals surface area contributed by atoms with Crippen molar-refractivity contribution in [3.8, 4) is 0 Å². The summed E-state index contributed by atoms with van der Waals surface area (Å²) in [6, 6.07) is 0. The van der Waals surface area contributed by atoms with Crippen molar-refractivity contribution >= 4 is 18.3 Å². The van der Waals surface area contributed by atoms with Gasteiger partial charge in [-0.1, -0.05) is 0 Å². The summed E-state index contributed by atoms with van der Waals surface area (Å²) in [5.74, 6) is 1.10. The second kappa shape index (κ2) is 4.82. The van der Waals surface area contributed by atoms with E-state index in [0.29, 0.717) is 5.91 Å². The third-order valence-electron chi connectivity index (χ3n) is 2.63. The van der Waals surface area contributed by atoms with Gasteiger partial charge in [-0.15, -0.1) is 12.4 Å². The standard InChI is InChI=1S/C9H16N2O.ClH/c12-9(7-8-1-2-8)11-5-3-10-4-6-11;/h8,10H,1-7H2;1H. The first-order chi connectivity index (χ1) is 5.86. The summed E-state index contributed by atoms with van der Waals surface area (Å²) in [4.78, 5) is 13.5. The molecule has 1 saturated heterocycles. The van der Waals surface area contributed by atoms with Crippen LogP contribution in [0.1, 0.15) is 19.3 Å². The van der Waals surface area contributed by atoms with Gasteiger partial charge in [-0.05, 0) is 18.8 Å². The number of rotatable bonds is 2. The van der Waals surface area contributed by atoms with E-state index in [1.807, 2.05) is 4.90 Å². The van der Waals surface area contributed by atoms with Crippen LogP contribution in [-0.4, -0.2) is 37.0 Å². The molecule has 1 aliphatic carbocycles. The molecule has 1 aliphatic heterocycles. The number of nitrogens with zero attached hydrogens (tertiary/aromatic N) is 1. The van der Waals surface area contributed by atoms with Crippen molar-refractivity contribution < 1.29 is 4.79 Å². The van der Waals surface area contributed by atoms with Crippen LogP contribution in [0.5, 0.6) is 0 Å². The van der Waals surface area contributed by atoms with E-state index in [0.717, 1.165) is 38.5 Å². The van der Waals surface area contributed by atoms with Gasteiger partial charge in [0, 0.05) is 32.6 Å². The van der Waals surface area contributed by atoms with Crippen LogP contribution in [0.15, 0.2) is 0 Å². The van der Waals surface area contributed by atoms with E-state index in [-0.39, 0.29) is 12.4 Å². The Labute approximate surface area is 85.3 Å². The summed E-state index contributed by atoms with van der Waals surface area (Å²) in [7, 11) is 0. The molecule has 13 heavy (non-hydrogen) atoms. The molecule has 4 heteroatoms. The lowest BCUT2D eigenvalue weighted by Crippen LogP contribution is -2.46. The summed E-state index contributed by atoms with van der Waals surface area (Å²) >= 11 is 0. The van der Waals surface area contributed by atoms with E-state index in [1.165, 1.54) is 12.8 Å². The predicted molar refractivity (Wildman–Crippen MR) is 54.0 cm³/mol. The van der Waals surface area contributed by atoms with Crippen LogP contribution in [0.2, 0.25) is 0 Å². The van der Waals surface area contributed by atoms with Crippen LogP contribution in [0.25, 0.3) is 0 Å². The Kier molecular flexibility index (Phi) is 4.00. The lowest BCUT2D eigenvalue weighted by molar-refractivity contribution is -0.132. The number of piperazine rings is 1. The number of nitrogens with one attached hydrogen (secondary N) is 1. The van der Waals surface area contributed by atoms with E-state index in [4.69, 9.17) is 0 Å². The molecule has 0 aromatic rings. The summed E-state index contributed by atoms with van der Waals surface area (Å²) in [5, 5.41) is 3.24. The fraction of sp³-hybridized carbons (Fsp3) is 0.889. The maximum atomic E-state index is 11.5. The Hall–Kier alpha value is -0.280. The molecule has 2 rings (SSSR count). The minimum absolute atomic E-state index is 0. The number of halogens is 1. The molecule has 0 aromatic carbocycles. The van der Waals surface area contributed by atoms with E-state index in [9.17, 15) is 4.79 Å². The van der Waals surface area contributed by atoms with E-state index >= 15 is 0 Å². The molecule has 2 aliphatic rings. The zero-order valence-electron chi connectivity index (χ0n) is 7.79. The van der Waals surface area contributed by atoms with Crippen molar-refractivity contribution in [3.05, 3.63) is 0 Å². The number of carbonyl (C=O) groups excluding carboxylic acids is 1. The second-order valence-electron chi connectivity index (χ2n) is 3.78. The highest BCUT2D eigenvalue weighted by atomic mass is 35.5. The third kappa shape index (κ3) is 3.16. The van der Waals surface area contributed by atoms with Gasteiger partial charge in [-0.25, -0.2) is 0 Å². The highest BCUT2D eigenvalue weighted by Gasteiger charge is 2.27. The third-order valence-corrected chi connectivity index (χ3v) is 2.63. The smallest absolute Gasteiger partial charge is 0.222 e. The van der Waals surface area contributed by atoms with Gasteiger partial charge in [0.1, 0.15) is 0 Å². The number of amides is 1. The number of hydrogen-bond donors (Lipinski definition) is 1. The Bertz CT molecular complexity index is 176. The molecule has 0 aromatic heterocycles. The van der Waals surface area contributed by atoms with Crippen molar-refractivity contribution in [1.82, 2.24) is 10.2 Å². The van der Waals surface area contributed by atoms with E-state index < -0.39 is 0 Å². The molecule has 76 valence electrons. The van der Waals surface area contributed by atoms with Crippen LogP contribution in [0, 0.1) is 5.92 Å². The Balaban J connectivity index is 0.000000845. The van der Waals surface area contributed by atoms with Gasteiger partial charge in [0.2, 0.25) is 5.91 Å². The molecule has 2 fully saturated rings. The van der Waals surface area contributed by atoms with Crippen molar-refractivity contribution in [2.75, 3.05) is 26.2 Å². The molecule has 0 radical (unpaired) electrons. The Morgan fingerprint density at radius 1 is 1.31 bits per heavy atom. The van der Waals surface area contributed by atoms with Gasteiger partial charge in [-0.3, -0.25) is 4.79 Å². The quantitative estimate of drug-likeness (QED) is 0.716. The van der Waals surface area contributed by atoms with Gasteiger partial charge in [0.15, 0.2) is 0 Å². The highest BCUT2D eigenvalue weighted by Crippen LogP contribution is 2.32. The maximum absolute atomic E-state index is 11.5. The SMILES string of the molecule is Cl.O=C(CC1CC1)N1CCNCC1. The van der Waals surface area contributed by atoms with E-state index in [2.05, 4.69) is 5.32 Å². The fourth-order valence-electron chi connectivity index (χ4n) is 1.61. The number of hydrogen-bond acceptors (Lipinski definition) is 2. The predicted octanol–water partition coefficient (Wildman–Crippen LogP) is 0.640. The summed E-state index contributed by atoms with van der Waals surface area (Å²) in [6.07, 6.45) is 3.36. The summed E-state index contributed by atoms with van der Waals surface area (Å²) < 4.78 is 0. The lowest BCUT2D eigenvalue weighted by Gasteiger charge is -2.27. The molecule has 1 saturated carbocycles. The number of carbonyl (C=O) groups is 1. The first-order valence-electron chi connectivity index (χ1n) is 4.85. The zero-order chi connectivity index (χ0) is 8.39. The molecule has 0 unspecified atom stereocenters. The topological polar surface area (TPSA) is 32.3 Å². The lowest BCUT2D eigenvalue weighted by atomic mass is 10.2. The first kappa shape index (κ1) is 10.8. The summed E-state index contributed by atoms with van der Waals surface area (Å²) in [5.41, 5.74) is 0. The molecule has 1 amide bonds. The molecule has 0 bridgehead atoms. The fourth-order valence-corrected chi connectivity index (χ4v) is 1.61. The van der Waals surface area contributed by atoms with E-state index in [1.54, 1.807) is 0 Å². The molecule has 0 atom stereocenters. The molecule has 3 nitrogen and oxygen atoms in total. The molecule has 1 N–H and O–H groups in total. The van der Waals surface area contributed by atoms with Crippen LogP contribution >= 0.6 is 12.4 Å². The van der Waals surface area contributed by atoms with Gasteiger partial charge in [0.05, 0.1) is 0 Å². The largest absolute Gasteiger partial charge is 0.340 e. The van der Waals surface area contributed by atoms with Gasteiger partial charge >= 0.3 is 0 Å². The Morgan fingerprint density at radius 3 is 2.46 bits per heavy atom. The molecule has 1 heterocycles. The van der Waals surface area contributed by atoms with Crippen molar-refractivity contribution in [2.45, 2.75) is 19.3 Å².